The van der Waals surface area contributed by atoms with Crippen LogP contribution in [0.3, 0.4) is 0 Å². The molecule has 0 atom stereocenters. The normalized spacial score (nSPS) is 18.3. The maximum Gasteiger partial charge on any atom is 0.122 e. The second-order valence-corrected chi connectivity index (χ2v) is 3.68. The van der Waals surface area contributed by atoms with E-state index in [1.807, 2.05) is 18.2 Å². The molecule has 0 aliphatic heterocycles. The SMILES string of the molecule is COc1ccccc1C1(CN)CC1. The molecule has 0 radical (unpaired) electrons. The molecule has 2 N–H and O–H groups in total. The highest BCUT2D eigenvalue weighted by Gasteiger charge is 2.44. The molecule has 1 aliphatic carbocycles. The lowest BCUT2D eigenvalue weighted by molar-refractivity contribution is 0.404. The van der Waals surface area contributed by atoms with Crippen molar-refractivity contribution in [3.63, 3.8) is 0 Å². The Morgan fingerprint density at radius 2 is 2.08 bits per heavy atom. The minimum absolute atomic E-state index is 0.229. The van der Waals surface area contributed by atoms with Gasteiger partial charge in [-0.2, -0.15) is 0 Å². The van der Waals surface area contributed by atoms with Gasteiger partial charge >= 0.3 is 0 Å². The Morgan fingerprint density at radius 1 is 1.38 bits per heavy atom. The van der Waals surface area contributed by atoms with E-state index >= 15 is 0 Å². The Labute approximate surface area is 78.7 Å². The molecule has 0 saturated heterocycles. The lowest BCUT2D eigenvalue weighted by atomic mass is 9.95. The highest BCUT2D eigenvalue weighted by Crippen LogP contribution is 2.50. The van der Waals surface area contributed by atoms with Gasteiger partial charge in [0.15, 0.2) is 0 Å². The van der Waals surface area contributed by atoms with Crippen molar-refractivity contribution in [2.75, 3.05) is 13.7 Å². The van der Waals surface area contributed by atoms with E-state index in [0.717, 1.165) is 12.3 Å². The molecule has 70 valence electrons. The molecule has 1 aromatic rings. The molecular weight excluding hydrogens is 162 g/mol. The van der Waals surface area contributed by atoms with Gasteiger partial charge in [-0.05, 0) is 18.9 Å². The lowest BCUT2D eigenvalue weighted by Gasteiger charge is -2.16. The van der Waals surface area contributed by atoms with E-state index in [9.17, 15) is 0 Å². The number of benzene rings is 1. The minimum Gasteiger partial charge on any atom is -0.496 e. The third-order valence-electron chi connectivity index (χ3n) is 2.92. The molecular formula is C11H15NO. The lowest BCUT2D eigenvalue weighted by Crippen LogP contribution is -2.20. The maximum atomic E-state index is 5.77. The van der Waals surface area contributed by atoms with Gasteiger partial charge < -0.3 is 10.5 Å². The van der Waals surface area contributed by atoms with Crippen molar-refractivity contribution in [1.82, 2.24) is 0 Å². The van der Waals surface area contributed by atoms with Gasteiger partial charge in [0.2, 0.25) is 0 Å². The first-order valence-corrected chi connectivity index (χ1v) is 4.66. The second kappa shape index (κ2) is 3.04. The van der Waals surface area contributed by atoms with Gasteiger partial charge in [0, 0.05) is 17.5 Å². The highest BCUT2D eigenvalue weighted by atomic mass is 16.5. The molecule has 1 fully saturated rings. The van der Waals surface area contributed by atoms with Crippen LogP contribution in [0.1, 0.15) is 18.4 Å². The zero-order valence-corrected chi connectivity index (χ0v) is 7.92. The summed E-state index contributed by atoms with van der Waals surface area (Å²) in [7, 11) is 1.71. The van der Waals surface area contributed by atoms with E-state index in [1.54, 1.807) is 7.11 Å². The summed E-state index contributed by atoms with van der Waals surface area (Å²) in [5.41, 5.74) is 7.28. The number of nitrogens with two attached hydrogens (primary N) is 1. The Bertz CT molecular complexity index is 305. The molecule has 1 aliphatic rings. The Hall–Kier alpha value is -1.02. The van der Waals surface area contributed by atoms with Gasteiger partial charge in [0.05, 0.1) is 7.11 Å². The van der Waals surface area contributed by atoms with E-state index in [1.165, 1.54) is 18.4 Å². The average molecular weight is 177 g/mol. The topological polar surface area (TPSA) is 35.2 Å². The summed E-state index contributed by atoms with van der Waals surface area (Å²) >= 11 is 0. The summed E-state index contributed by atoms with van der Waals surface area (Å²) in [5, 5.41) is 0. The van der Waals surface area contributed by atoms with E-state index < -0.39 is 0 Å². The van der Waals surface area contributed by atoms with E-state index in [2.05, 4.69) is 6.07 Å². The number of methoxy groups -OCH3 is 1. The van der Waals surface area contributed by atoms with Crippen LogP contribution in [0.4, 0.5) is 0 Å². The highest BCUT2D eigenvalue weighted by molar-refractivity contribution is 5.43. The van der Waals surface area contributed by atoms with Crippen molar-refractivity contribution in [1.29, 1.82) is 0 Å². The van der Waals surface area contributed by atoms with E-state index in [-0.39, 0.29) is 5.41 Å². The molecule has 2 rings (SSSR count). The van der Waals surface area contributed by atoms with Crippen LogP contribution in [0.25, 0.3) is 0 Å². The molecule has 13 heavy (non-hydrogen) atoms. The first-order valence-electron chi connectivity index (χ1n) is 4.66. The number of hydrogen-bond acceptors (Lipinski definition) is 2. The Balaban J connectivity index is 2.39. The molecule has 0 heterocycles. The first-order chi connectivity index (χ1) is 6.32. The predicted octanol–water partition coefficient (Wildman–Crippen LogP) is 1.69. The van der Waals surface area contributed by atoms with Crippen molar-refractivity contribution in [2.45, 2.75) is 18.3 Å². The fraction of sp³-hybridized carbons (Fsp3) is 0.455. The first kappa shape index (κ1) is 8.57. The summed E-state index contributed by atoms with van der Waals surface area (Å²) in [6.07, 6.45) is 2.40. The average Bonchev–Trinajstić information content (AvgIpc) is 2.98. The number of para-hydroxylation sites is 1. The second-order valence-electron chi connectivity index (χ2n) is 3.68. The van der Waals surface area contributed by atoms with Crippen molar-refractivity contribution in [3.8, 4) is 5.75 Å². The zero-order valence-electron chi connectivity index (χ0n) is 7.92. The van der Waals surface area contributed by atoms with Gasteiger partial charge in [-0.1, -0.05) is 18.2 Å². The fourth-order valence-electron chi connectivity index (χ4n) is 1.82. The molecule has 0 bridgehead atoms. The van der Waals surface area contributed by atoms with E-state index in [4.69, 9.17) is 10.5 Å². The van der Waals surface area contributed by atoms with Crippen LogP contribution in [0.15, 0.2) is 24.3 Å². The maximum absolute atomic E-state index is 5.77. The van der Waals surface area contributed by atoms with Crippen molar-refractivity contribution in [2.24, 2.45) is 5.73 Å². The van der Waals surface area contributed by atoms with Gasteiger partial charge in [-0.3, -0.25) is 0 Å². The molecule has 0 amide bonds. The number of hydrogen-bond donors (Lipinski definition) is 1. The molecule has 1 aromatic carbocycles. The molecule has 0 aromatic heterocycles. The third-order valence-corrected chi connectivity index (χ3v) is 2.92. The quantitative estimate of drug-likeness (QED) is 0.762. The largest absolute Gasteiger partial charge is 0.496 e. The molecule has 2 heteroatoms. The van der Waals surface area contributed by atoms with Gasteiger partial charge in [0.1, 0.15) is 5.75 Å². The number of ether oxygens (including phenoxy) is 1. The molecule has 1 saturated carbocycles. The smallest absolute Gasteiger partial charge is 0.122 e. The summed E-state index contributed by atoms with van der Waals surface area (Å²) in [6.45, 7) is 0.730. The zero-order chi connectivity index (χ0) is 9.31. The predicted molar refractivity (Wildman–Crippen MR) is 53.0 cm³/mol. The van der Waals surface area contributed by atoms with E-state index in [0.29, 0.717) is 0 Å². The van der Waals surface area contributed by atoms with Gasteiger partial charge in [-0.15, -0.1) is 0 Å². The van der Waals surface area contributed by atoms with Crippen LogP contribution in [-0.4, -0.2) is 13.7 Å². The fourth-order valence-corrected chi connectivity index (χ4v) is 1.82. The van der Waals surface area contributed by atoms with Crippen molar-refractivity contribution < 1.29 is 4.74 Å². The van der Waals surface area contributed by atoms with Gasteiger partial charge in [0.25, 0.3) is 0 Å². The van der Waals surface area contributed by atoms with Crippen LogP contribution in [0.2, 0.25) is 0 Å². The van der Waals surface area contributed by atoms with Crippen LogP contribution >= 0.6 is 0 Å². The third kappa shape index (κ3) is 1.31. The Kier molecular flexibility index (Phi) is 2.00. The Morgan fingerprint density at radius 3 is 2.62 bits per heavy atom. The molecule has 2 nitrogen and oxygen atoms in total. The summed E-state index contributed by atoms with van der Waals surface area (Å²) in [6, 6.07) is 8.17. The van der Waals surface area contributed by atoms with Crippen LogP contribution in [0, 0.1) is 0 Å². The summed E-state index contributed by atoms with van der Waals surface area (Å²) in [4.78, 5) is 0. The summed E-state index contributed by atoms with van der Waals surface area (Å²) < 4.78 is 5.32. The molecule has 0 spiro atoms. The molecule has 0 unspecified atom stereocenters. The number of rotatable bonds is 3. The van der Waals surface area contributed by atoms with Crippen molar-refractivity contribution in [3.05, 3.63) is 29.8 Å². The summed E-state index contributed by atoms with van der Waals surface area (Å²) in [5.74, 6) is 0.977. The van der Waals surface area contributed by atoms with Crippen LogP contribution in [-0.2, 0) is 5.41 Å². The van der Waals surface area contributed by atoms with Crippen molar-refractivity contribution >= 4 is 0 Å². The van der Waals surface area contributed by atoms with Crippen LogP contribution in [0.5, 0.6) is 5.75 Å². The van der Waals surface area contributed by atoms with Crippen LogP contribution < -0.4 is 10.5 Å². The monoisotopic (exact) mass is 177 g/mol. The standard InChI is InChI=1S/C11H15NO/c1-13-10-5-3-2-4-9(10)11(8-12)6-7-11/h2-5H,6-8,12H2,1H3. The van der Waals surface area contributed by atoms with Gasteiger partial charge in [-0.25, -0.2) is 0 Å². The minimum atomic E-state index is 0.229.